The Balaban J connectivity index is 1.66. The number of sulfonamides is 1. The lowest BCUT2D eigenvalue weighted by molar-refractivity contribution is -0.131. The van der Waals surface area contributed by atoms with Crippen LogP contribution in [0.15, 0.2) is 17.3 Å². The second kappa shape index (κ2) is 5.59. The summed E-state index contributed by atoms with van der Waals surface area (Å²) in [5.41, 5.74) is 0.110. The van der Waals surface area contributed by atoms with Crippen molar-refractivity contribution >= 4 is 15.9 Å². The van der Waals surface area contributed by atoms with Crippen LogP contribution in [-0.4, -0.2) is 48.1 Å². The van der Waals surface area contributed by atoms with Crippen molar-refractivity contribution in [1.29, 1.82) is 0 Å². The number of rotatable bonds is 4. The van der Waals surface area contributed by atoms with Crippen LogP contribution < -0.4 is 4.72 Å². The van der Waals surface area contributed by atoms with E-state index in [1.54, 1.807) is 7.05 Å². The predicted molar refractivity (Wildman–Crippen MR) is 85.0 cm³/mol. The quantitative estimate of drug-likeness (QED) is 0.876. The monoisotopic (exact) mass is 340 g/mol. The number of aromatic nitrogens is 2. The van der Waals surface area contributed by atoms with E-state index in [9.17, 15) is 13.2 Å². The highest BCUT2D eigenvalue weighted by Gasteiger charge is 2.50. The molecule has 0 unspecified atom stereocenters. The highest BCUT2D eigenvalue weighted by molar-refractivity contribution is 7.89. The van der Waals surface area contributed by atoms with Gasteiger partial charge in [0.2, 0.25) is 15.9 Å². The van der Waals surface area contributed by atoms with Crippen LogP contribution in [0.25, 0.3) is 0 Å². The topological polar surface area (TPSA) is 84.3 Å². The summed E-state index contributed by atoms with van der Waals surface area (Å²) in [6.45, 7) is 4.90. The van der Waals surface area contributed by atoms with Gasteiger partial charge in [-0.2, -0.15) is 5.10 Å². The summed E-state index contributed by atoms with van der Waals surface area (Å²) >= 11 is 0. The molecule has 2 atom stereocenters. The van der Waals surface area contributed by atoms with Crippen LogP contribution in [0.5, 0.6) is 0 Å². The summed E-state index contributed by atoms with van der Waals surface area (Å²) in [7, 11) is -2.05. The molecule has 1 aromatic rings. The zero-order chi connectivity index (χ0) is 16.8. The van der Waals surface area contributed by atoms with Crippen LogP contribution in [0.2, 0.25) is 0 Å². The van der Waals surface area contributed by atoms with Crippen molar-refractivity contribution in [3.05, 3.63) is 12.4 Å². The molecule has 0 aromatic carbocycles. The Kier molecular flexibility index (Phi) is 4.00. The Morgan fingerprint density at radius 3 is 2.83 bits per heavy atom. The molecule has 1 aliphatic heterocycles. The smallest absolute Gasteiger partial charge is 0.244 e. The zero-order valence-corrected chi connectivity index (χ0v) is 14.6. The van der Waals surface area contributed by atoms with E-state index in [0.717, 1.165) is 19.3 Å². The van der Waals surface area contributed by atoms with Crippen molar-refractivity contribution in [2.24, 2.45) is 18.4 Å². The van der Waals surface area contributed by atoms with Crippen molar-refractivity contribution in [3.8, 4) is 0 Å². The molecule has 0 radical (unpaired) electrons. The maximum Gasteiger partial charge on any atom is 0.244 e. The zero-order valence-electron chi connectivity index (χ0n) is 13.8. The lowest BCUT2D eigenvalue weighted by atomic mass is 9.80. The first-order valence-corrected chi connectivity index (χ1v) is 9.47. The van der Waals surface area contributed by atoms with Crippen molar-refractivity contribution in [2.75, 3.05) is 13.1 Å². The SMILES string of the molecule is Cn1cc(S(=O)(=O)NCC(=O)N2CC(C)(C)[C@@H]3CCC[C@@H]32)cn1. The molecule has 7 nitrogen and oxygen atoms in total. The van der Waals surface area contributed by atoms with Crippen LogP contribution in [-0.2, 0) is 21.9 Å². The average Bonchev–Trinajstić information content (AvgIpc) is 3.15. The van der Waals surface area contributed by atoms with E-state index in [1.165, 1.54) is 17.1 Å². The fourth-order valence-corrected chi connectivity index (χ4v) is 5.01. The fourth-order valence-electron chi connectivity index (χ4n) is 4.05. The molecule has 128 valence electrons. The molecular weight excluding hydrogens is 316 g/mol. The van der Waals surface area contributed by atoms with E-state index in [2.05, 4.69) is 23.7 Å². The molecule has 1 aliphatic carbocycles. The molecule has 2 aliphatic rings. The second-order valence-corrected chi connectivity index (χ2v) is 9.06. The van der Waals surface area contributed by atoms with Crippen LogP contribution in [0, 0.1) is 11.3 Å². The number of carbonyl (C=O) groups excluding carboxylic acids is 1. The third-order valence-corrected chi connectivity index (χ3v) is 6.54. The maximum atomic E-state index is 12.5. The first-order chi connectivity index (χ1) is 10.7. The van der Waals surface area contributed by atoms with Gasteiger partial charge in [-0.3, -0.25) is 9.48 Å². The second-order valence-electron chi connectivity index (χ2n) is 7.29. The third-order valence-electron chi connectivity index (χ3n) is 5.19. The molecule has 3 rings (SSSR count). The number of amides is 1. The van der Waals surface area contributed by atoms with E-state index >= 15 is 0 Å². The minimum absolute atomic E-state index is 0.0771. The van der Waals surface area contributed by atoms with Gasteiger partial charge in [-0.1, -0.05) is 20.3 Å². The van der Waals surface area contributed by atoms with E-state index in [1.807, 2.05) is 4.90 Å². The van der Waals surface area contributed by atoms with Crippen molar-refractivity contribution in [2.45, 2.75) is 44.0 Å². The maximum absolute atomic E-state index is 12.5. The van der Waals surface area contributed by atoms with E-state index in [4.69, 9.17) is 0 Å². The lowest BCUT2D eigenvalue weighted by Gasteiger charge is -2.24. The van der Waals surface area contributed by atoms with Gasteiger partial charge in [0.25, 0.3) is 0 Å². The molecule has 0 bridgehead atoms. The minimum Gasteiger partial charge on any atom is -0.338 e. The minimum atomic E-state index is -3.70. The molecule has 8 heteroatoms. The molecule has 1 saturated heterocycles. The molecule has 0 spiro atoms. The van der Waals surface area contributed by atoms with Crippen molar-refractivity contribution in [3.63, 3.8) is 0 Å². The molecule has 1 aromatic heterocycles. The van der Waals surface area contributed by atoms with Crippen molar-refractivity contribution < 1.29 is 13.2 Å². The van der Waals surface area contributed by atoms with Gasteiger partial charge in [0, 0.05) is 25.8 Å². The van der Waals surface area contributed by atoms with E-state index in [0.29, 0.717) is 12.5 Å². The Labute approximate surface area is 137 Å². The highest BCUT2D eigenvalue weighted by Crippen LogP contribution is 2.48. The van der Waals surface area contributed by atoms with Gasteiger partial charge in [0.05, 0.1) is 12.7 Å². The summed E-state index contributed by atoms with van der Waals surface area (Å²) in [5.74, 6) is 0.390. The van der Waals surface area contributed by atoms with Gasteiger partial charge in [0.1, 0.15) is 4.90 Å². The summed E-state index contributed by atoms with van der Waals surface area (Å²) in [4.78, 5) is 14.5. The standard InChI is InChI=1S/C15H24N4O3S/c1-15(2)10-19(13-6-4-5-12(13)15)14(20)8-17-23(21,22)11-7-16-18(3)9-11/h7,9,12-13,17H,4-6,8,10H2,1-3H3/t12-,13+/m1/s1. The molecule has 1 amide bonds. The Bertz CT molecular complexity index is 710. The summed E-state index contributed by atoms with van der Waals surface area (Å²) in [6, 6.07) is 0.264. The fraction of sp³-hybridized carbons (Fsp3) is 0.733. The van der Waals surface area contributed by atoms with Gasteiger partial charge < -0.3 is 4.90 Å². The van der Waals surface area contributed by atoms with Crippen LogP contribution >= 0.6 is 0 Å². The number of hydrogen-bond acceptors (Lipinski definition) is 4. The molecular formula is C15H24N4O3S. The highest BCUT2D eigenvalue weighted by atomic mass is 32.2. The van der Waals surface area contributed by atoms with E-state index in [-0.39, 0.29) is 28.8 Å². The van der Waals surface area contributed by atoms with Gasteiger partial charge in [0.15, 0.2) is 0 Å². The number of likely N-dealkylation sites (tertiary alicyclic amines) is 1. The Morgan fingerprint density at radius 2 is 2.17 bits per heavy atom. The molecule has 23 heavy (non-hydrogen) atoms. The molecule has 2 fully saturated rings. The first kappa shape index (κ1) is 16.4. The number of carbonyl (C=O) groups is 1. The Morgan fingerprint density at radius 1 is 1.43 bits per heavy atom. The summed E-state index contributed by atoms with van der Waals surface area (Å²) < 4.78 is 28.2. The van der Waals surface area contributed by atoms with Crippen LogP contribution in [0.4, 0.5) is 0 Å². The lowest BCUT2D eigenvalue weighted by Crippen LogP contribution is -2.43. The number of hydrogen-bond donors (Lipinski definition) is 1. The largest absolute Gasteiger partial charge is 0.338 e. The summed E-state index contributed by atoms with van der Waals surface area (Å²) in [5, 5.41) is 3.85. The Hall–Kier alpha value is -1.41. The molecule has 1 saturated carbocycles. The summed E-state index contributed by atoms with van der Waals surface area (Å²) in [6.07, 6.45) is 6.01. The average molecular weight is 340 g/mol. The number of fused-ring (bicyclic) bond motifs is 1. The van der Waals surface area contributed by atoms with E-state index < -0.39 is 10.0 Å². The molecule has 1 N–H and O–H groups in total. The van der Waals surface area contributed by atoms with Gasteiger partial charge in [-0.15, -0.1) is 0 Å². The third kappa shape index (κ3) is 3.01. The van der Waals surface area contributed by atoms with Gasteiger partial charge >= 0.3 is 0 Å². The van der Waals surface area contributed by atoms with Crippen LogP contribution in [0.1, 0.15) is 33.1 Å². The first-order valence-electron chi connectivity index (χ1n) is 7.98. The number of nitrogens with one attached hydrogen (secondary N) is 1. The van der Waals surface area contributed by atoms with Crippen molar-refractivity contribution in [1.82, 2.24) is 19.4 Å². The predicted octanol–water partition coefficient (Wildman–Crippen LogP) is 0.735. The van der Waals surface area contributed by atoms with Gasteiger partial charge in [-0.25, -0.2) is 13.1 Å². The number of nitrogens with zero attached hydrogens (tertiary/aromatic N) is 3. The van der Waals surface area contributed by atoms with Crippen LogP contribution in [0.3, 0.4) is 0 Å². The number of aryl methyl sites for hydroxylation is 1. The van der Waals surface area contributed by atoms with Gasteiger partial charge in [-0.05, 0) is 24.2 Å². The normalized spacial score (nSPS) is 26.5. The molecule has 2 heterocycles.